The maximum absolute atomic E-state index is 10.3. The van der Waals surface area contributed by atoms with Crippen molar-refractivity contribution in [3.63, 3.8) is 0 Å². The molecule has 0 atom stereocenters. The fourth-order valence-electron chi connectivity index (χ4n) is 1.33. The second-order valence-corrected chi connectivity index (χ2v) is 5.18. The molecule has 8 heteroatoms. The standard InChI is InChI=1S/C11H16O4S.5C2H6.CH5N.7CH4.B.Na/c1-10-4-2-5-11(8-10)9-15-6-3-7-16(12,13)14;6*1-2;;;;;;;;;/h2,4-5,8H,3,6-7,9H2,1H3,(H,12,13,14);5*1-2H3;2H2,1H3;7*1H4;;/q;;;;;;;;;;;;;;;+1/p-1. The third kappa shape index (κ3) is 115. The van der Waals surface area contributed by atoms with E-state index in [0.717, 1.165) is 11.1 Å². The average molecular weight is 571 g/mol. The van der Waals surface area contributed by atoms with Crippen LogP contribution in [-0.2, 0) is 21.5 Å². The number of ether oxygens (including phenoxy) is 1. The SMILES string of the molecule is C.C.C.C.C.C.C.CC.CC.CC.CC.CC.CN.Cc1cccc(COCCCS(=O)(=O)[O-])c1.[B].[Na+]. The van der Waals surface area contributed by atoms with Gasteiger partial charge in [-0.1, -0.05) is 151 Å². The molecule has 0 aliphatic carbocycles. The zero-order valence-electron chi connectivity index (χ0n) is 22.3. The smallest absolute Gasteiger partial charge is 0.748 e. The molecule has 0 heterocycles. The van der Waals surface area contributed by atoms with Gasteiger partial charge in [-0.3, -0.25) is 0 Å². The summed E-state index contributed by atoms with van der Waals surface area (Å²) in [5, 5.41) is 0. The minimum Gasteiger partial charge on any atom is -0.748 e. The molecule has 0 aliphatic rings. The molecule has 1 aromatic carbocycles. The van der Waals surface area contributed by atoms with Gasteiger partial charge in [-0.05, 0) is 26.0 Å². The molecule has 0 fully saturated rings. The number of nitrogens with two attached hydrogens (primary N) is 1. The summed E-state index contributed by atoms with van der Waals surface area (Å²) in [6.07, 6.45) is 0.248. The first kappa shape index (κ1) is 99.0. The van der Waals surface area contributed by atoms with Crippen LogP contribution in [0, 0.1) is 6.92 Å². The maximum Gasteiger partial charge on any atom is 1.00 e. The zero-order chi connectivity index (χ0) is 24.0. The monoisotopic (exact) mass is 571 g/mol. The molecule has 0 saturated carbocycles. The molecule has 3 radical (unpaired) electrons. The summed E-state index contributed by atoms with van der Waals surface area (Å²) in [4.78, 5) is 0. The molecule has 5 nitrogen and oxygen atoms in total. The second kappa shape index (κ2) is 99.9. The van der Waals surface area contributed by atoms with Crippen molar-refractivity contribution in [3.8, 4) is 0 Å². The van der Waals surface area contributed by atoms with Crippen molar-refractivity contribution in [2.45, 2.75) is 141 Å². The van der Waals surface area contributed by atoms with Gasteiger partial charge in [0.1, 0.15) is 0 Å². The summed E-state index contributed by atoms with van der Waals surface area (Å²) in [6, 6.07) is 7.88. The van der Waals surface area contributed by atoms with E-state index in [9.17, 15) is 13.0 Å². The summed E-state index contributed by atoms with van der Waals surface area (Å²) in [5.41, 5.74) is 6.70. The van der Waals surface area contributed by atoms with Gasteiger partial charge in [0, 0.05) is 20.8 Å². The Labute approximate surface area is 266 Å². The summed E-state index contributed by atoms with van der Waals surface area (Å²) >= 11 is 0. The van der Waals surface area contributed by atoms with Gasteiger partial charge in [-0.25, -0.2) is 8.42 Å². The van der Waals surface area contributed by atoms with E-state index < -0.39 is 10.1 Å². The van der Waals surface area contributed by atoms with Gasteiger partial charge in [0.2, 0.25) is 0 Å². The quantitative estimate of drug-likeness (QED) is 0.221. The first-order valence-electron chi connectivity index (χ1n) is 10.6. The van der Waals surface area contributed by atoms with E-state index in [1.54, 1.807) is 0 Å². The Bertz CT molecular complexity index is 451. The van der Waals surface area contributed by atoms with E-state index >= 15 is 0 Å². The predicted octanol–water partition coefficient (Wildman–Crippen LogP) is 7.23. The van der Waals surface area contributed by atoms with Gasteiger partial charge in [0.05, 0.1) is 16.7 Å². The van der Waals surface area contributed by atoms with Gasteiger partial charge >= 0.3 is 29.6 Å². The van der Waals surface area contributed by atoms with Crippen molar-refractivity contribution in [2.24, 2.45) is 5.73 Å². The first-order valence-corrected chi connectivity index (χ1v) is 12.2. The molecule has 0 spiro atoms. The molecule has 2 N–H and O–H groups in total. The predicted molar refractivity (Wildman–Crippen MR) is 180 cm³/mol. The Hall–Kier alpha value is 0.115. The third-order valence-corrected chi connectivity index (χ3v) is 2.82. The van der Waals surface area contributed by atoms with Gasteiger partial charge in [-0.15, -0.1) is 0 Å². The summed E-state index contributed by atoms with van der Waals surface area (Å²) in [6.45, 7) is 22.7. The number of rotatable bonds is 6. The maximum atomic E-state index is 10.3. The summed E-state index contributed by atoms with van der Waals surface area (Å²) in [7, 11) is -2.61. The number of hydrogen-bond donors (Lipinski definition) is 1. The molecule has 37 heavy (non-hydrogen) atoms. The molecule has 1 rings (SSSR count). The molecule has 0 aromatic heterocycles. The van der Waals surface area contributed by atoms with Gasteiger partial charge in [0.15, 0.2) is 0 Å². The summed E-state index contributed by atoms with van der Waals surface area (Å²) < 4.78 is 36.2. The van der Waals surface area contributed by atoms with Gasteiger partial charge in [0.25, 0.3) is 0 Å². The van der Waals surface area contributed by atoms with Crippen LogP contribution < -0.4 is 35.3 Å². The van der Waals surface area contributed by atoms with Crippen molar-refractivity contribution in [3.05, 3.63) is 35.4 Å². The molecular weight excluding hydrogens is 492 g/mol. The van der Waals surface area contributed by atoms with Crippen LogP contribution in [0.15, 0.2) is 24.3 Å². The van der Waals surface area contributed by atoms with Crippen LogP contribution in [0.4, 0.5) is 0 Å². The van der Waals surface area contributed by atoms with E-state index in [0.29, 0.717) is 6.61 Å². The Morgan fingerprint density at radius 2 is 1.08 bits per heavy atom. The average Bonchev–Trinajstić information content (AvgIpc) is 2.76. The van der Waals surface area contributed by atoms with Crippen molar-refractivity contribution < 1.29 is 47.3 Å². The topological polar surface area (TPSA) is 92.5 Å². The van der Waals surface area contributed by atoms with Crippen LogP contribution in [0.25, 0.3) is 0 Å². The van der Waals surface area contributed by atoms with Gasteiger partial charge in [-0.2, -0.15) is 0 Å². The Morgan fingerprint density at radius 1 is 0.757 bits per heavy atom. The minimum absolute atomic E-state index is 0. The molecule has 0 saturated heterocycles. The number of benzene rings is 1. The molecule has 0 bridgehead atoms. The number of aryl methyl sites for hydroxylation is 1. The molecule has 0 unspecified atom stereocenters. The van der Waals surface area contributed by atoms with Crippen molar-refractivity contribution in [2.75, 3.05) is 19.4 Å². The van der Waals surface area contributed by atoms with Crippen LogP contribution in [0.3, 0.4) is 0 Å². The van der Waals surface area contributed by atoms with Crippen LogP contribution in [0.5, 0.6) is 0 Å². The Morgan fingerprint density at radius 3 is 1.35 bits per heavy atom. The zero-order valence-corrected chi connectivity index (χ0v) is 25.2. The Balaban J connectivity index is -0.0000000158. The normalized spacial score (nSPS) is 6.00. The van der Waals surface area contributed by atoms with Crippen molar-refractivity contribution in [1.29, 1.82) is 0 Å². The first-order chi connectivity index (χ1) is 13.5. The van der Waals surface area contributed by atoms with Crippen LogP contribution in [0.2, 0.25) is 0 Å². The Kier molecular flexibility index (Phi) is 267. The fraction of sp³-hybridized carbons (Fsp3) is 0.793. The van der Waals surface area contributed by atoms with E-state index in [4.69, 9.17) is 4.74 Å². The van der Waals surface area contributed by atoms with E-state index in [2.05, 4.69) is 5.73 Å². The van der Waals surface area contributed by atoms with Crippen molar-refractivity contribution >= 4 is 18.5 Å². The molecular formula is C29H78BNNaO4S. The van der Waals surface area contributed by atoms with Crippen LogP contribution in [-0.4, -0.2) is 40.8 Å². The van der Waals surface area contributed by atoms with E-state index in [-0.39, 0.29) is 109 Å². The molecule has 0 aliphatic heterocycles. The second-order valence-electron chi connectivity index (χ2n) is 3.66. The van der Waals surface area contributed by atoms with Gasteiger partial charge < -0.3 is 15.0 Å². The largest absolute Gasteiger partial charge is 1.00 e. The van der Waals surface area contributed by atoms with Crippen molar-refractivity contribution in [1.82, 2.24) is 0 Å². The minimum atomic E-state index is -4.11. The third-order valence-electron chi connectivity index (χ3n) is 2.03. The summed E-state index contributed by atoms with van der Waals surface area (Å²) in [5.74, 6) is -0.360. The number of hydrogen-bond acceptors (Lipinski definition) is 5. The fourth-order valence-corrected chi connectivity index (χ4v) is 1.80. The van der Waals surface area contributed by atoms with Crippen LogP contribution >= 0.6 is 0 Å². The van der Waals surface area contributed by atoms with E-state index in [1.165, 1.54) is 7.05 Å². The molecule has 0 amide bonds. The molecule has 1 aromatic rings. The van der Waals surface area contributed by atoms with E-state index in [1.807, 2.05) is 100 Å². The molecule has 233 valence electrons. The van der Waals surface area contributed by atoms with Crippen LogP contribution in [0.1, 0.15) is 139 Å².